The minimum Gasteiger partial charge on any atom is -0.481 e. The molecule has 6 heteroatoms. The molecular formula is C16H17BrN2O2S. The minimum atomic E-state index is 0.315. The Bertz CT molecular complexity index is 679. The lowest BCUT2D eigenvalue weighted by Gasteiger charge is -2.20. The average Bonchev–Trinajstić information content (AvgIpc) is 2.56. The van der Waals surface area contributed by atoms with Crippen LogP contribution in [0.25, 0.3) is 0 Å². The summed E-state index contributed by atoms with van der Waals surface area (Å²) in [6, 6.07) is 11.4. The number of methoxy groups -OCH3 is 1. The Balaban J connectivity index is 2.18. The van der Waals surface area contributed by atoms with E-state index in [9.17, 15) is 0 Å². The number of benzene rings is 1. The Morgan fingerprint density at radius 2 is 2.00 bits per heavy atom. The highest BCUT2D eigenvalue weighted by Gasteiger charge is 2.14. The number of anilines is 1. The van der Waals surface area contributed by atoms with Gasteiger partial charge in [-0.05, 0) is 52.3 Å². The van der Waals surface area contributed by atoms with Crippen LogP contribution in [0.15, 0.2) is 40.9 Å². The van der Waals surface area contributed by atoms with Crippen molar-refractivity contribution in [3.63, 3.8) is 0 Å². The number of hydrogen-bond acceptors (Lipinski definition) is 4. The topological polar surface area (TPSA) is 34.6 Å². The van der Waals surface area contributed by atoms with Crippen LogP contribution in [-0.2, 0) is 6.42 Å². The van der Waals surface area contributed by atoms with Crippen LogP contribution < -0.4 is 14.4 Å². The number of rotatable bonds is 4. The van der Waals surface area contributed by atoms with Crippen LogP contribution >= 0.6 is 28.1 Å². The first-order chi connectivity index (χ1) is 10.6. The molecule has 2 rings (SSSR count). The number of thiocarbonyl (C=S) groups is 1. The molecule has 1 aromatic carbocycles. The summed E-state index contributed by atoms with van der Waals surface area (Å²) >= 11 is 8.92. The molecule has 22 heavy (non-hydrogen) atoms. The summed E-state index contributed by atoms with van der Waals surface area (Å²) in [6.07, 6.45) is 0.915. The molecule has 0 unspecified atom stereocenters. The van der Waals surface area contributed by atoms with Gasteiger partial charge in [0.05, 0.1) is 11.6 Å². The zero-order valence-electron chi connectivity index (χ0n) is 12.7. The maximum Gasteiger partial charge on any atom is 0.270 e. The zero-order valence-corrected chi connectivity index (χ0v) is 15.1. The van der Waals surface area contributed by atoms with E-state index in [1.54, 1.807) is 18.1 Å². The fourth-order valence-corrected chi connectivity index (χ4v) is 2.68. The van der Waals surface area contributed by atoms with Gasteiger partial charge >= 0.3 is 0 Å². The molecule has 4 nitrogen and oxygen atoms in total. The highest BCUT2D eigenvalue weighted by Crippen LogP contribution is 2.29. The fraction of sp³-hybridized carbons (Fsp3) is 0.250. The Labute approximate surface area is 144 Å². The number of halogens is 1. The molecule has 1 heterocycles. The van der Waals surface area contributed by atoms with Crippen LogP contribution in [0.2, 0.25) is 0 Å². The smallest absolute Gasteiger partial charge is 0.270 e. The molecule has 2 aromatic rings. The van der Waals surface area contributed by atoms with Crippen LogP contribution in [-0.4, -0.2) is 24.3 Å². The Kier molecular flexibility index (Phi) is 5.74. The van der Waals surface area contributed by atoms with Crippen molar-refractivity contribution in [2.75, 3.05) is 19.1 Å². The van der Waals surface area contributed by atoms with Crippen LogP contribution in [0.3, 0.4) is 0 Å². The molecule has 116 valence electrons. The Morgan fingerprint density at radius 3 is 2.68 bits per heavy atom. The highest BCUT2D eigenvalue weighted by atomic mass is 79.9. The standard InChI is InChI=1S/C16H17BrN2O2S/c1-4-11-7-5-8-12(15(11)17)21-16(22)19(2)13-9-6-10-14(18-13)20-3/h5-10H,4H2,1-3H3. The number of aromatic nitrogens is 1. The van der Waals surface area contributed by atoms with Gasteiger partial charge in [0.1, 0.15) is 11.6 Å². The number of hydrogen-bond donors (Lipinski definition) is 0. The van der Waals surface area contributed by atoms with E-state index in [0.717, 1.165) is 10.9 Å². The Hall–Kier alpha value is -1.66. The third-order valence-electron chi connectivity index (χ3n) is 3.16. The second kappa shape index (κ2) is 7.56. The van der Waals surface area contributed by atoms with Gasteiger partial charge in [-0.25, -0.2) is 0 Å². The lowest BCUT2D eigenvalue weighted by molar-refractivity contribution is 0.398. The number of aryl methyl sites for hydroxylation is 1. The summed E-state index contributed by atoms with van der Waals surface area (Å²) in [5, 5.41) is 0.315. The molecule has 0 radical (unpaired) electrons. The van der Waals surface area contributed by atoms with Crippen molar-refractivity contribution in [3.8, 4) is 11.6 Å². The summed E-state index contributed by atoms with van der Waals surface area (Å²) in [6.45, 7) is 2.09. The molecule has 0 amide bonds. The Morgan fingerprint density at radius 1 is 1.27 bits per heavy atom. The van der Waals surface area contributed by atoms with Crippen molar-refractivity contribution in [1.82, 2.24) is 4.98 Å². The average molecular weight is 381 g/mol. The van der Waals surface area contributed by atoms with Gasteiger partial charge in [0.15, 0.2) is 0 Å². The first-order valence-electron chi connectivity index (χ1n) is 6.80. The molecule has 0 N–H and O–H groups in total. The number of ether oxygens (including phenoxy) is 2. The first-order valence-corrected chi connectivity index (χ1v) is 8.01. The van der Waals surface area contributed by atoms with Crippen LogP contribution in [0.5, 0.6) is 11.6 Å². The molecule has 0 saturated carbocycles. The van der Waals surface area contributed by atoms with Gasteiger partial charge in [0, 0.05) is 13.1 Å². The molecule has 0 bridgehead atoms. The van der Waals surface area contributed by atoms with Crippen molar-refractivity contribution in [3.05, 3.63) is 46.4 Å². The summed E-state index contributed by atoms with van der Waals surface area (Å²) in [5.74, 6) is 1.88. The minimum absolute atomic E-state index is 0.315. The quantitative estimate of drug-likeness (QED) is 0.741. The molecule has 0 spiro atoms. The van der Waals surface area contributed by atoms with Crippen molar-refractivity contribution >= 4 is 39.1 Å². The molecule has 0 aliphatic carbocycles. The van der Waals surface area contributed by atoms with Gasteiger partial charge in [0.25, 0.3) is 5.17 Å². The van der Waals surface area contributed by atoms with Crippen molar-refractivity contribution in [2.24, 2.45) is 0 Å². The van der Waals surface area contributed by atoms with Gasteiger partial charge in [-0.1, -0.05) is 25.1 Å². The van der Waals surface area contributed by atoms with Gasteiger partial charge in [-0.15, -0.1) is 0 Å². The number of pyridine rings is 1. The van der Waals surface area contributed by atoms with E-state index in [1.165, 1.54) is 5.56 Å². The molecule has 0 fully saturated rings. The van der Waals surface area contributed by atoms with E-state index in [0.29, 0.717) is 22.6 Å². The van der Waals surface area contributed by atoms with E-state index in [4.69, 9.17) is 21.7 Å². The summed E-state index contributed by atoms with van der Waals surface area (Å²) in [7, 11) is 3.38. The molecule has 0 saturated heterocycles. The van der Waals surface area contributed by atoms with E-state index < -0.39 is 0 Å². The molecule has 0 aliphatic rings. The van der Waals surface area contributed by atoms with Crippen molar-refractivity contribution < 1.29 is 9.47 Å². The maximum atomic E-state index is 5.81. The largest absolute Gasteiger partial charge is 0.481 e. The fourth-order valence-electron chi connectivity index (χ4n) is 1.87. The highest BCUT2D eigenvalue weighted by molar-refractivity contribution is 9.10. The normalized spacial score (nSPS) is 10.2. The lowest BCUT2D eigenvalue weighted by atomic mass is 10.2. The van der Waals surface area contributed by atoms with Crippen LogP contribution in [0.1, 0.15) is 12.5 Å². The third-order valence-corrected chi connectivity index (χ3v) is 4.41. The van der Waals surface area contributed by atoms with E-state index in [1.807, 2.05) is 37.4 Å². The van der Waals surface area contributed by atoms with Gasteiger partial charge in [-0.2, -0.15) is 4.98 Å². The lowest BCUT2D eigenvalue weighted by Crippen LogP contribution is -2.30. The molecular weight excluding hydrogens is 364 g/mol. The molecule has 0 aliphatic heterocycles. The van der Waals surface area contributed by atoms with E-state index in [-0.39, 0.29) is 0 Å². The van der Waals surface area contributed by atoms with Crippen LogP contribution in [0.4, 0.5) is 5.82 Å². The maximum absolute atomic E-state index is 5.81. The van der Waals surface area contributed by atoms with Gasteiger partial charge in [0.2, 0.25) is 5.88 Å². The summed E-state index contributed by atoms with van der Waals surface area (Å²) in [5.41, 5.74) is 1.17. The van der Waals surface area contributed by atoms with E-state index >= 15 is 0 Å². The second-order valence-electron chi connectivity index (χ2n) is 4.55. The zero-order chi connectivity index (χ0) is 16.1. The van der Waals surface area contributed by atoms with E-state index in [2.05, 4.69) is 27.8 Å². The first kappa shape index (κ1) is 16.7. The van der Waals surface area contributed by atoms with Gasteiger partial charge < -0.3 is 9.47 Å². The SMILES string of the molecule is CCc1cccc(OC(=S)N(C)c2cccc(OC)n2)c1Br. The third kappa shape index (κ3) is 3.75. The predicted octanol–water partition coefficient (Wildman–Crippen LogP) is 4.22. The second-order valence-corrected chi connectivity index (χ2v) is 5.69. The molecule has 1 aromatic heterocycles. The summed E-state index contributed by atoms with van der Waals surface area (Å²) < 4.78 is 11.9. The number of nitrogens with zero attached hydrogens (tertiary/aromatic N) is 2. The monoisotopic (exact) mass is 380 g/mol. The summed E-state index contributed by atoms with van der Waals surface area (Å²) in [4.78, 5) is 6.03. The van der Waals surface area contributed by atoms with Crippen LogP contribution in [0, 0.1) is 0 Å². The van der Waals surface area contributed by atoms with Crippen molar-refractivity contribution in [1.29, 1.82) is 0 Å². The molecule has 0 atom stereocenters. The predicted molar refractivity (Wildman–Crippen MR) is 95.9 cm³/mol. The van der Waals surface area contributed by atoms with Crippen molar-refractivity contribution in [2.45, 2.75) is 13.3 Å². The van der Waals surface area contributed by atoms with Gasteiger partial charge in [-0.3, -0.25) is 4.90 Å².